The van der Waals surface area contributed by atoms with Gasteiger partial charge >= 0.3 is 72.7 Å². The van der Waals surface area contributed by atoms with Gasteiger partial charge in [0.15, 0.2) is 0 Å². The number of hydrogen-bond donors (Lipinski definition) is 0. The van der Waals surface area contributed by atoms with Gasteiger partial charge in [0.25, 0.3) is 0 Å². The fourth-order valence-corrected chi connectivity index (χ4v) is 4.47. The fourth-order valence-electron chi connectivity index (χ4n) is 1.43. The molecule has 0 saturated carbocycles. The van der Waals surface area contributed by atoms with Crippen LogP contribution in [0.25, 0.3) is 0 Å². The summed E-state index contributed by atoms with van der Waals surface area (Å²) in [4.78, 5) is 0. The van der Waals surface area contributed by atoms with Crippen LogP contribution in [0, 0.1) is 6.92 Å². The topological polar surface area (TPSA) is 8.81 Å². The zero-order valence-corrected chi connectivity index (χ0v) is 9.80. The predicted molar refractivity (Wildman–Crippen MR) is 48.4 cm³/mol. The van der Waals surface area contributed by atoms with Gasteiger partial charge in [0.05, 0.1) is 0 Å². The van der Waals surface area contributed by atoms with Crippen molar-refractivity contribution in [1.29, 1.82) is 0 Å². The Morgan fingerprint density at radius 1 is 1.45 bits per heavy atom. The molecule has 1 aromatic rings. The summed E-state index contributed by atoms with van der Waals surface area (Å²) in [6.07, 6.45) is 2.20. The molecule has 1 rings (SSSR count). The Morgan fingerprint density at radius 3 is 2.18 bits per heavy atom. The summed E-state index contributed by atoms with van der Waals surface area (Å²) in [5.74, 6) is 0. The molecule has 62 valence electrons. The average Bonchev–Trinajstić information content (AvgIpc) is 2.07. The summed E-state index contributed by atoms with van der Waals surface area (Å²) in [6.45, 7) is 2.15. The van der Waals surface area contributed by atoms with E-state index in [9.17, 15) is 0 Å². The van der Waals surface area contributed by atoms with Crippen LogP contribution in [-0.4, -0.2) is 19.2 Å². The van der Waals surface area contributed by atoms with Gasteiger partial charge in [0.1, 0.15) is 0 Å². The normalized spacial score (nSPS) is 11.1. The van der Waals surface area contributed by atoms with E-state index >= 15 is 0 Å². The van der Waals surface area contributed by atoms with Crippen molar-refractivity contribution < 1.29 is 4.57 Å². The van der Waals surface area contributed by atoms with E-state index in [2.05, 4.69) is 47.8 Å². The SMILES string of the molecule is Cc1c[n+](C)c([As](C)C)n1C. The summed E-state index contributed by atoms with van der Waals surface area (Å²) >= 11 is -0.724. The van der Waals surface area contributed by atoms with E-state index in [1.165, 1.54) is 10.3 Å². The van der Waals surface area contributed by atoms with Crippen LogP contribution in [0.15, 0.2) is 6.20 Å². The van der Waals surface area contributed by atoms with Gasteiger partial charge in [-0.05, 0) is 0 Å². The summed E-state index contributed by atoms with van der Waals surface area (Å²) in [5, 5.41) is 0. The average molecular weight is 215 g/mol. The molecule has 1 heterocycles. The summed E-state index contributed by atoms with van der Waals surface area (Å²) in [7, 11) is 4.29. The number of rotatable bonds is 1. The molecule has 0 aliphatic heterocycles. The number of aromatic nitrogens is 2. The van der Waals surface area contributed by atoms with Crippen molar-refractivity contribution >= 4 is 19.3 Å². The van der Waals surface area contributed by atoms with Gasteiger partial charge in [0.2, 0.25) is 0 Å². The molecule has 0 aromatic carbocycles. The first-order valence-electron chi connectivity index (χ1n) is 3.73. The first kappa shape index (κ1) is 8.86. The number of aryl methyl sites for hydroxylation is 2. The monoisotopic (exact) mass is 215 g/mol. The Kier molecular flexibility index (Phi) is 2.43. The molecular weight excluding hydrogens is 199 g/mol. The third kappa shape index (κ3) is 1.51. The van der Waals surface area contributed by atoms with Crippen LogP contribution in [0.4, 0.5) is 0 Å². The van der Waals surface area contributed by atoms with E-state index in [1.54, 1.807) is 0 Å². The summed E-state index contributed by atoms with van der Waals surface area (Å²) < 4.78 is 6.09. The van der Waals surface area contributed by atoms with Gasteiger partial charge in [-0.1, -0.05) is 0 Å². The second-order valence-corrected chi connectivity index (χ2v) is 7.73. The Bertz CT molecular complexity index is 263. The molecule has 0 bridgehead atoms. The molecule has 0 unspecified atom stereocenters. The molecule has 11 heavy (non-hydrogen) atoms. The molecular formula is C8H16AsN2+. The van der Waals surface area contributed by atoms with Crippen molar-refractivity contribution in [2.45, 2.75) is 18.3 Å². The molecule has 0 saturated heterocycles. The number of nitrogens with zero attached hydrogens (tertiary/aromatic N) is 2. The van der Waals surface area contributed by atoms with Crippen molar-refractivity contribution in [1.82, 2.24) is 4.57 Å². The van der Waals surface area contributed by atoms with Gasteiger partial charge < -0.3 is 0 Å². The van der Waals surface area contributed by atoms with Crippen molar-refractivity contribution in [2.24, 2.45) is 14.1 Å². The van der Waals surface area contributed by atoms with E-state index in [0.717, 1.165) is 0 Å². The minimum atomic E-state index is -0.724. The second-order valence-electron chi connectivity index (χ2n) is 3.13. The molecule has 0 aliphatic carbocycles. The molecule has 0 radical (unpaired) electrons. The van der Waals surface area contributed by atoms with Crippen LogP contribution >= 0.6 is 0 Å². The zero-order chi connectivity index (χ0) is 8.59. The molecule has 3 heteroatoms. The van der Waals surface area contributed by atoms with Crippen molar-refractivity contribution in [2.75, 3.05) is 0 Å². The van der Waals surface area contributed by atoms with Gasteiger partial charge in [-0.3, -0.25) is 0 Å². The Labute approximate surface area is 73.1 Å². The molecule has 0 amide bonds. The van der Waals surface area contributed by atoms with Gasteiger partial charge in [0, 0.05) is 0 Å². The van der Waals surface area contributed by atoms with Crippen molar-refractivity contribution in [3.05, 3.63) is 11.9 Å². The first-order valence-corrected chi connectivity index (χ1v) is 8.42. The molecule has 0 fully saturated rings. The summed E-state index contributed by atoms with van der Waals surface area (Å²) in [5.41, 5.74) is 6.08. The Hall–Kier alpha value is -0.232. The van der Waals surface area contributed by atoms with E-state index in [-0.39, 0.29) is 0 Å². The van der Waals surface area contributed by atoms with Crippen LogP contribution in [-0.2, 0) is 14.1 Å². The van der Waals surface area contributed by atoms with E-state index in [1.807, 2.05) is 0 Å². The molecule has 0 atom stereocenters. The first-order chi connectivity index (χ1) is 5.04. The van der Waals surface area contributed by atoms with Crippen LogP contribution in [0.1, 0.15) is 5.69 Å². The van der Waals surface area contributed by atoms with Gasteiger partial charge in [-0.25, -0.2) is 0 Å². The van der Waals surface area contributed by atoms with E-state index < -0.39 is 14.7 Å². The van der Waals surface area contributed by atoms with E-state index in [0.29, 0.717) is 0 Å². The number of hydrogen-bond acceptors (Lipinski definition) is 0. The molecule has 0 N–H and O–H groups in total. The maximum atomic E-state index is 2.36. The number of imidazole rings is 1. The van der Waals surface area contributed by atoms with Crippen LogP contribution in [0.3, 0.4) is 0 Å². The quantitative estimate of drug-likeness (QED) is 0.465. The third-order valence-corrected chi connectivity index (χ3v) is 4.89. The Morgan fingerprint density at radius 2 is 2.00 bits per heavy atom. The molecule has 2 nitrogen and oxygen atoms in total. The Balaban J connectivity index is 3.22. The minimum absolute atomic E-state index is 0.724. The summed E-state index contributed by atoms with van der Waals surface area (Å²) in [6, 6.07) is 0. The van der Waals surface area contributed by atoms with Gasteiger partial charge in [-0.2, -0.15) is 0 Å². The zero-order valence-electron chi connectivity index (χ0n) is 7.92. The third-order valence-electron chi connectivity index (χ3n) is 1.93. The maximum absolute atomic E-state index is 2.36. The standard InChI is InChI=1S/C8H16AsN2/c1-7-6-10(4)8(9(2)3)11(7)5/h6H,1-5H3/q+1. The molecule has 1 aromatic heterocycles. The van der Waals surface area contributed by atoms with Crippen LogP contribution < -0.4 is 9.18 Å². The molecule has 0 spiro atoms. The van der Waals surface area contributed by atoms with Crippen LogP contribution in [0.5, 0.6) is 0 Å². The fraction of sp³-hybridized carbons (Fsp3) is 0.625. The van der Waals surface area contributed by atoms with E-state index in [4.69, 9.17) is 0 Å². The van der Waals surface area contributed by atoms with Crippen LogP contribution in [0.2, 0.25) is 11.4 Å². The molecule has 0 aliphatic rings. The van der Waals surface area contributed by atoms with Crippen molar-refractivity contribution in [3.63, 3.8) is 0 Å². The van der Waals surface area contributed by atoms with Gasteiger partial charge in [-0.15, -0.1) is 0 Å². The predicted octanol–water partition coefficient (Wildman–Crippen LogP) is 0.119. The second kappa shape index (κ2) is 3.02. The van der Waals surface area contributed by atoms with Crippen molar-refractivity contribution in [3.8, 4) is 0 Å².